The molecule has 0 bridgehead atoms. The zero-order valence-corrected chi connectivity index (χ0v) is 13.8. The van der Waals surface area contributed by atoms with Gasteiger partial charge in [0.25, 0.3) is 0 Å². The summed E-state index contributed by atoms with van der Waals surface area (Å²) in [5.74, 6) is 0.0810. The van der Waals surface area contributed by atoms with E-state index in [1.807, 2.05) is 18.2 Å². The van der Waals surface area contributed by atoms with Crippen molar-refractivity contribution in [2.45, 2.75) is 63.1 Å². The summed E-state index contributed by atoms with van der Waals surface area (Å²) in [5, 5.41) is 13.6. The molecule has 1 amide bonds. The highest BCUT2D eigenvalue weighted by Crippen LogP contribution is 2.27. The molecule has 1 aliphatic heterocycles. The van der Waals surface area contributed by atoms with Crippen molar-refractivity contribution < 1.29 is 9.90 Å². The van der Waals surface area contributed by atoms with E-state index >= 15 is 0 Å². The van der Waals surface area contributed by atoms with Crippen molar-refractivity contribution in [3.8, 4) is 0 Å². The number of carbonyl (C=O) groups excluding carboxylic acids is 1. The molecular weight excluding hydrogens is 288 g/mol. The SMILES string of the molecule is O=C(NCC1(O)CCCCC1)[C@@H]1CCCN1Cc1ccccc1. The number of amides is 1. The standard InChI is InChI=1S/C19H28N2O2/c22-18(20-15-19(23)11-5-2-6-12-19)17-10-7-13-21(17)14-16-8-3-1-4-9-16/h1,3-4,8-9,17,23H,2,5-7,10-15H2,(H,20,22)/t17-/m0/s1. The van der Waals surface area contributed by atoms with Crippen LogP contribution in [0.5, 0.6) is 0 Å². The number of benzene rings is 1. The zero-order valence-electron chi connectivity index (χ0n) is 13.8. The number of aliphatic hydroxyl groups is 1. The van der Waals surface area contributed by atoms with Gasteiger partial charge in [0.05, 0.1) is 11.6 Å². The van der Waals surface area contributed by atoms with Gasteiger partial charge in [0.1, 0.15) is 0 Å². The highest BCUT2D eigenvalue weighted by molar-refractivity contribution is 5.82. The van der Waals surface area contributed by atoms with E-state index in [0.717, 1.165) is 51.6 Å². The first-order valence-electron chi connectivity index (χ1n) is 8.94. The molecule has 1 saturated carbocycles. The fourth-order valence-corrected chi connectivity index (χ4v) is 3.89. The Kier molecular flexibility index (Phi) is 5.34. The van der Waals surface area contributed by atoms with E-state index in [1.165, 1.54) is 12.0 Å². The lowest BCUT2D eigenvalue weighted by Crippen LogP contribution is -2.49. The Morgan fingerprint density at radius 3 is 2.65 bits per heavy atom. The van der Waals surface area contributed by atoms with Crippen molar-refractivity contribution in [2.24, 2.45) is 0 Å². The number of hydrogen-bond donors (Lipinski definition) is 2. The Balaban J connectivity index is 1.53. The molecule has 4 heteroatoms. The van der Waals surface area contributed by atoms with E-state index < -0.39 is 5.60 Å². The molecule has 1 aromatic rings. The van der Waals surface area contributed by atoms with Gasteiger partial charge in [-0.2, -0.15) is 0 Å². The quantitative estimate of drug-likeness (QED) is 0.877. The van der Waals surface area contributed by atoms with Crippen LogP contribution in [-0.4, -0.2) is 40.6 Å². The second-order valence-electron chi connectivity index (χ2n) is 7.12. The predicted octanol–water partition coefficient (Wildman–Crippen LogP) is 2.46. The summed E-state index contributed by atoms with van der Waals surface area (Å²) in [6.07, 6.45) is 6.93. The van der Waals surface area contributed by atoms with Crippen molar-refractivity contribution in [1.29, 1.82) is 0 Å². The summed E-state index contributed by atoms with van der Waals surface area (Å²) in [6.45, 7) is 2.20. The summed E-state index contributed by atoms with van der Waals surface area (Å²) < 4.78 is 0. The maximum Gasteiger partial charge on any atom is 0.237 e. The van der Waals surface area contributed by atoms with E-state index in [-0.39, 0.29) is 11.9 Å². The molecule has 1 atom stereocenters. The maximum atomic E-state index is 12.6. The van der Waals surface area contributed by atoms with E-state index in [2.05, 4.69) is 22.3 Å². The van der Waals surface area contributed by atoms with Gasteiger partial charge >= 0.3 is 0 Å². The Hall–Kier alpha value is -1.39. The number of likely N-dealkylation sites (tertiary alicyclic amines) is 1. The molecule has 2 fully saturated rings. The third-order valence-corrected chi connectivity index (χ3v) is 5.27. The summed E-state index contributed by atoms with van der Waals surface area (Å²) in [6, 6.07) is 10.3. The Labute approximate surface area is 138 Å². The molecule has 2 N–H and O–H groups in total. The predicted molar refractivity (Wildman–Crippen MR) is 90.9 cm³/mol. The normalized spacial score (nSPS) is 24.5. The van der Waals surface area contributed by atoms with Crippen LogP contribution in [0.2, 0.25) is 0 Å². The molecule has 1 heterocycles. The summed E-state index contributed by atoms with van der Waals surface area (Å²) >= 11 is 0. The average Bonchev–Trinajstić information content (AvgIpc) is 3.03. The number of rotatable bonds is 5. The molecule has 1 aliphatic carbocycles. The first kappa shape index (κ1) is 16.5. The van der Waals surface area contributed by atoms with Crippen LogP contribution in [-0.2, 0) is 11.3 Å². The van der Waals surface area contributed by atoms with Gasteiger partial charge in [-0.05, 0) is 37.8 Å². The molecule has 3 rings (SSSR count). The van der Waals surface area contributed by atoms with E-state index in [4.69, 9.17) is 0 Å². The molecule has 1 aromatic carbocycles. The average molecular weight is 316 g/mol. The third kappa shape index (κ3) is 4.33. The van der Waals surface area contributed by atoms with Crippen LogP contribution in [0.25, 0.3) is 0 Å². The number of carbonyl (C=O) groups is 1. The Morgan fingerprint density at radius 2 is 1.91 bits per heavy atom. The fraction of sp³-hybridized carbons (Fsp3) is 0.632. The minimum atomic E-state index is -0.684. The van der Waals surface area contributed by atoms with Crippen LogP contribution < -0.4 is 5.32 Å². The molecule has 0 spiro atoms. The van der Waals surface area contributed by atoms with E-state index in [9.17, 15) is 9.90 Å². The van der Waals surface area contributed by atoms with Crippen molar-refractivity contribution in [2.75, 3.05) is 13.1 Å². The van der Waals surface area contributed by atoms with Gasteiger partial charge in [0, 0.05) is 13.1 Å². The second kappa shape index (κ2) is 7.45. The van der Waals surface area contributed by atoms with Gasteiger partial charge in [-0.15, -0.1) is 0 Å². The second-order valence-corrected chi connectivity index (χ2v) is 7.12. The van der Waals surface area contributed by atoms with E-state index in [0.29, 0.717) is 6.54 Å². The highest BCUT2D eigenvalue weighted by atomic mass is 16.3. The molecule has 2 aliphatic rings. The largest absolute Gasteiger partial charge is 0.388 e. The summed E-state index contributed by atoms with van der Waals surface area (Å²) in [5.41, 5.74) is 0.564. The van der Waals surface area contributed by atoms with Crippen molar-refractivity contribution in [1.82, 2.24) is 10.2 Å². The fourth-order valence-electron chi connectivity index (χ4n) is 3.89. The minimum Gasteiger partial charge on any atom is -0.388 e. The lowest BCUT2D eigenvalue weighted by molar-refractivity contribution is -0.127. The van der Waals surface area contributed by atoms with Crippen molar-refractivity contribution >= 4 is 5.91 Å². The van der Waals surface area contributed by atoms with Crippen LogP contribution in [0.15, 0.2) is 30.3 Å². The Morgan fingerprint density at radius 1 is 1.17 bits per heavy atom. The number of hydrogen-bond acceptors (Lipinski definition) is 3. The van der Waals surface area contributed by atoms with Crippen molar-refractivity contribution in [3.63, 3.8) is 0 Å². The molecule has 0 aromatic heterocycles. The molecule has 0 unspecified atom stereocenters. The molecular formula is C19H28N2O2. The molecule has 126 valence electrons. The van der Waals surface area contributed by atoms with Crippen LogP contribution in [0, 0.1) is 0 Å². The maximum absolute atomic E-state index is 12.6. The monoisotopic (exact) mass is 316 g/mol. The lowest BCUT2D eigenvalue weighted by atomic mass is 9.85. The van der Waals surface area contributed by atoms with Gasteiger partial charge in [0.2, 0.25) is 5.91 Å². The third-order valence-electron chi connectivity index (χ3n) is 5.27. The van der Waals surface area contributed by atoms with Gasteiger partial charge in [-0.25, -0.2) is 0 Å². The molecule has 4 nitrogen and oxygen atoms in total. The highest BCUT2D eigenvalue weighted by Gasteiger charge is 2.34. The molecule has 1 saturated heterocycles. The topological polar surface area (TPSA) is 52.6 Å². The van der Waals surface area contributed by atoms with Gasteiger partial charge < -0.3 is 10.4 Å². The van der Waals surface area contributed by atoms with Gasteiger partial charge in [0.15, 0.2) is 0 Å². The van der Waals surface area contributed by atoms with Gasteiger partial charge in [-0.1, -0.05) is 49.6 Å². The van der Waals surface area contributed by atoms with Crippen LogP contribution in [0.3, 0.4) is 0 Å². The van der Waals surface area contributed by atoms with Crippen LogP contribution in [0.4, 0.5) is 0 Å². The van der Waals surface area contributed by atoms with E-state index in [1.54, 1.807) is 0 Å². The number of nitrogens with zero attached hydrogens (tertiary/aromatic N) is 1. The smallest absolute Gasteiger partial charge is 0.237 e. The van der Waals surface area contributed by atoms with Crippen molar-refractivity contribution in [3.05, 3.63) is 35.9 Å². The zero-order chi connectivity index (χ0) is 16.1. The van der Waals surface area contributed by atoms with Gasteiger partial charge in [-0.3, -0.25) is 9.69 Å². The van der Waals surface area contributed by atoms with Crippen LogP contribution >= 0.6 is 0 Å². The summed E-state index contributed by atoms with van der Waals surface area (Å²) in [4.78, 5) is 14.8. The van der Waals surface area contributed by atoms with Crippen LogP contribution in [0.1, 0.15) is 50.5 Å². The molecule has 0 radical (unpaired) electrons. The first-order valence-corrected chi connectivity index (χ1v) is 8.94. The summed E-state index contributed by atoms with van der Waals surface area (Å²) in [7, 11) is 0. The Bertz CT molecular complexity index is 511. The first-order chi connectivity index (χ1) is 11.2. The number of nitrogens with one attached hydrogen (secondary N) is 1. The lowest BCUT2D eigenvalue weighted by Gasteiger charge is -2.33. The minimum absolute atomic E-state index is 0.0533. The molecule has 23 heavy (non-hydrogen) atoms.